The summed E-state index contributed by atoms with van der Waals surface area (Å²) in [5.41, 5.74) is 0.534. The van der Waals surface area contributed by atoms with Gasteiger partial charge in [-0.05, 0) is 29.8 Å². The summed E-state index contributed by atoms with van der Waals surface area (Å²) in [6.45, 7) is 13.7. The van der Waals surface area contributed by atoms with E-state index in [-0.39, 0.29) is 22.9 Å². The van der Waals surface area contributed by atoms with Crippen LogP contribution < -0.4 is 0 Å². The Balaban J connectivity index is 2.65. The number of carbonyl (C=O) groups is 4. The van der Waals surface area contributed by atoms with Gasteiger partial charge in [-0.3, -0.25) is 29.3 Å². The van der Waals surface area contributed by atoms with Gasteiger partial charge in [-0.15, -0.1) is 0 Å². The summed E-state index contributed by atoms with van der Waals surface area (Å²) in [6, 6.07) is 4.12. The number of non-ortho nitro benzene ring substituents is 1. The van der Waals surface area contributed by atoms with Gasteiger partial charge in [0.25, 0.3) is 5.69 Å². The molecule has 0 unspecified atom stereocenters. The highest BCUT2D eigenvalue weighted by Crippen LogP contribution is 2.37. The molecule has 0 aliphatic carbocycles. The molecule has 1 aromatic rings. The topological polar surface area (TPSA) is 167 Å². The Labute approximate surface area is 248 Å². The van der Waals surface area contributed by atoms with Gasteiger partial charge >= 0.3 is 34.4 Å². The fourth-order valence-corrected chi connectivity index (χ4v) is 4.78. The summed E-state index contributed by atoms with van der Waals surface area (Å²) >= 11 is 0. The van der Waals surface area contributed by atoms with Crippen LogP contribution in [0.4, 0.5) is 5.69 Å². The van der Waals surface area contributed by atoms with E-state index in [4.69, 9.17) is 23.4 Å². The zero-order valence-corrected chi connectivity index (χ0v) is 26.7. The molecule has 0 bridgehead atoms. The zero-order chi connectivity index (χ0) is 32.0. The van der Waals surface area contributed by atoms with Crippen molar-refractivity contribution in [3.63, 3.8) is 0 Å². The molecule has 227 valence electrons. The molecule has 1 saturated heterocycles. The quantitative estimate of drug-likeness (QED) is 0.104. The van der Waals surface area contributed by atoms with Crippen molar-refractivity contribution in [1.82, 2.24) is 0 Å². The van der Waals surface area contributed by atoms with Gasteiger partial charge in [0, 0.05) is 38.5 Å². The lowest BCUT2D eigenvalue weighted by Crippen LogP contribution is -2.63. The third-order valence-corrected chi connectivity index (χ3v) is 11.5. The van der Waals surface area contributed by atoms with Crippen LogP contribution in [0.25, 0.3) is 0 Å². The Morgan fingerprint density at radius 2 is 1.55 bits per heavy atom. The molecule has 42 heavy (non-hydrogen) atoms. The molecule has 1 aromatic carbocycles. The van der Waals surface area contributed by atoms with E-state index >= 15 is 0 Å². The first-order chi connectivity index (χ1) is 19.4. The predicted molar refractivity (Wildman–Crippen MR) is 149 cm³/mol. The van der Waals surface area contributed by atoms with E-state index in [2.05, 4.69) is 60.6 Å². The van der Waals surface area contributed by atoms with Gasteiger partial charge < -0.3 is 27.8 Å². The Hall–Kier alpha value is -3.59. The molecule has 0 saturated carbocycles. The zero-order valence-electron chi connectivity index (χ0n) is 24.7. The fraction of sp³-hybridized carbons (Fsp3) is 0.556. The number of esters is 3. The standard InChI is InChI=1S/C27H34NO12Si2/c1-15(29)36-22-21(39-25(26(32)40-41)24(38-17(3)31)23(22)37-16(2)30)12-10-18-13-20(28(33)34)11-9-19(18)14-35-42(7,8)27(4,5)6/h9,11,13,21-25H,14H2,1-8H3/t21-,22-,23+,24-,25-/m0/s1. The van der Waals surface area contributed by atoms with Crippen molar-refractivity contribution in [3.8, 4) is 11.8 Å². The lowest BCUT2D eigenvalue weighted by molar-refractivity contribution is -0.384. The molecule has 13 nitrogen and oxygen atoms in total. The van der Waals surface area contributed by atoms with Crippen molar-refractivity contribution in [2.45, 2.75) is 96.8 Å². The first-order valence-electron chi connectivity index (χ1n) is 12.8. The number of nitro groups is 1. The maximum absolute atomic E-state index is 12.6. The normalized spacial score (nSPS) is 22.2. The molecule has 5 atom stereocenters. The maximum Gasteiger partial charge on any atom is 0.345 e. The van der Waals surface area contributed by atoms with E-state index < -0.39 is 67.6 Å². The van der Waals surface area contributed by atoms with Crippen LogP contribution in [0.15, 0.2) is 18.2 Å². The molecule has 0 amide bonds. The molecule has 15 heteroatoms. The minimum Gasteiger partial charge on any atom is -0.514 e. The van der Waals surface area contributed by atoms with E-state index in [1.54, 1.807) is 0 Å². The van der Waals surface area contributed by atoms with Gasteiger partial charge in [0.2, 0.25) is 0 Å². The monoisotopic (exact) mass is 620 g/mol. The van der Waals surface area contributed by atoms with Gasteiger partial charge in [0.15, 0.2) is 38.8 Å². The van der Waals surface area contributed by atoms with Crippen LogP contribution in [0, 0.1) is 22.0 Å². The number of carbonyl (C=O) groups excluding carboxylic acids is 4. The Morgan fingerprint density at radius 1 is 1.00 bits per heavy atom. The molecule has 2 rings (SSSR count). The summed E-state index contributed by atoms with van der Waals surface area (Å²) in [7, 11) is 0.413. The Kier molecular flexibility index (Phi) is 11.6. The largest absolute Gasteiger partial charge is 0.514 e. The van der Waals surface area contributed by atoms with Crippen LogP contribution in [0.3, 0.4) is 0 Å². The van der Waals surface area contributed by atoms with Gasteiger partial charge in [0.1, 0.15) is 0 Å². The summed E-state index contributed by atoms with van der Waals surface area (Å²) in [5.74, 6) is 2.01. The molecular formula is C27H34NO12Si2. The smallest absolute Gasteiger partial charge is 0.345 e. The van der Waals surface area contributed by atoms with E-state index in [0.29, 0.717) is 5.56 Å². The third kappa shape index (κ3) is 8.95. The van der Waals surface area contributed by atoms with Crippen molar-refractivity contribution in [2.75, 3.05) is 0 Å². The number of benzene rings is 1. The van der Waals surface area contributed by atoms with Gasteiger partial charge in [-0.2, -0.15) is 0 Å². The lowest BCUT2D eigenvalue weighted by atomic mass is 9.93. The lowest BCUT2D eigenvalue weighted by Gasteiger charge is -2.42. The highest BCUT2D eigenvalue weighted by molar-refractivity contribution is 6.74. The number of nitro benzene ring substituents is 1. The van der Waals surface area contributed by atoms with Crippen LogP contribution in [0.2, 0.25) is 18.1 Å². The second-order valence-electron chi connectivity index (χ2n) is 11.0. The second kappa shape index (κ2) is 14.1. The summed E-state index contributed by atoms with van der Waals surface area (Å²) in [6.07, 6.45) is -7.65. The molecule has 0 aromatic heterocycles. The number of hydrogen-bond acceptors (Lipinski definition) is 12. The molecule has 1 heterocycles. The summed E-state index contributed by atoms with van der Waals surface area (Å²) < 4.78 is 32.6. The summed E-state index contributed by atoms with van der Waals surface area (Å²) in [5, 5.41) is 11.4. The van der Waals surface area contributed by atoms with Crippen LogP contribution in [0.1, 0.15) is 52.7 Å². The molecule has 1 fully saturated rings. The first-order valence-corrected chi connectivity index (χ1v) is 16.2. The highest BCUT2D eigenvalue weighted by Gasteiger charge is 2.54. The molecular weight excluding hydrogens is 586 g/mol. The van der Waals surface area contributed by atoms with Crippen molar-refractivity contribution in [2.24, 2.45) is 0 Å². The van der Waals surface area contributed by atoms with Crippen molar-refractivity contribution < 1.29 is 51.9 Å². The van der Waals surface area contributed by atoms with Crippen molar-refractivity contribution >= 4 is 48.4 Å². The van der Waals surface area contributed by atoms with Crippen molar-refractivity contribution in [3.05, 3.63) is 39.4 Å². The summed E-state index contributed by atoms with van der Waals surface area (Å²) in [4.78, 5) is 59.4. The van der Waals surface area contributed by atoms with Gasteiger partial charge in [-0.1, -0.05) is 32.6 Å². The third-order valence-electron chi connectivity index (χ3n) is 6.82. The minimum absolute atomic E-state index is 0.101. The van der Waals surface area contributed by atoms with E-state index in [1.165, 1.54) is 18.2 Å². The maximum atomic E-state index is 12.6. The fourth-order valence-electron chi connectivity index (χ4n) is 3.72. The van der Waals surface area contributed by atoms with E-state index in [0.717, 1.165) is 20.8 Å². The number of rotatable bonds is 8. The minimum atomic E-state index is -2.21. The highest BCUT2D eigenvalue weighted by atomic mass is 28.4. The number of nitrogens with zero attached hydrogens (tertiary/aromatic N) is 1. The Bertz CT molecular complexity index is 1280. The van der Waals surface area contributed by atoms with E-state index in [9.17, 15) is 29.3 Å². The van der Waals surface area contributed by atoms with Crippen LogP contribution in [-0.4, -0.2) is 78.1 Å². The van der Waals surface area contributed by atoms with Crippen LogP contribution in [-0.2, 0) is 53.6 Å². The van der Waals surface area contributed by atoms with Crippen LogP contribution in [0.5, 0.6) is 0 Å². The van der Waals surface area contributed by atoms with Crippen LogP contribution >= 0.6 is 0 Å². The molecule has 3 radical (unpaired) electrons. The van der Waals surface area contributed by atoms with Gasteiger partial charge in [0.05, 0.1) is 11.5 Å². The predicted octanol–water partition coefficient (Wildman–Crippen LogP) is 2.66. The molecule has 0 spiro atoms. The first kappa shape index (κ1) is 34.6. The second-order valence-corrected chi connectivity index (χ2v) is 16.1. The Morgan fingerprint density at radius 3 is 2.05 bits per heavy atom. The molecule has 1 aliphatic heterocycles. The average molecular weight is 621 g/mol. The average Bonchev–Trinajstić information content (AvgIpc) is 2.87. The van der Waals surface area contributed by atoms with Gasteiger partial charge in [-0.25, -0.2) is 0 Å². The molecule has 1 aliphatic rings. The molecule has 0 N–H and O–H groups in total. The number of ether oxygens (including phenoxy) is 4. The van der Waals surface area contributed by atoms with E-state index in [1.807, 2.05) is 0 Å². The van der Waals surface area contributed by atoms with Crippen molar-refractivity contribution in [1.29, 1.82) is 0 Å². The number of hydrogen-bond donors (Lipinski definition) is 0. The SMILES string of the molecule is CC(=O)O[C@@H]1[C@@H](OC(C)=O)[C@H](C#Cc2cc([N+](=O)[O-])ccc2CO[Si](C)(C)C(C)(C)C)O[C@H](C(=O)O[Si])[C@H]1OC(C)=O.